The number of likely N-dealkylation sites (N-methyl/N-ethyl adjacent to an activating group) is 1. The van der Waals surface area contributed by atoms with Gasteiger partial charge in [-0.2, -0.15) is 0 Å². The minimum Gasteiger partial charge on any atom is -0.492 e. The van der Waals surface area contributed by atoms with Crippen LogP contribution in [-0.2, 0) is 11.3 Å². The summed E-state index contributed by atoms with van der Waals surface area (Å²) in [6.07, 6.45) is 1.16. The number of benzene rings is 1. The van der Waals surface area contributed by atoms with Crippen molar-refractivity contribution in [1.29, 1.82) is 0 Å². The Morgan fingerprint density at radius 1 is 1.20 bits per heavy atom. The highest BCUT2D eigenvalue weighted by Gasteiger charge is 2.00. The zero-order valence-corrected chi connectivity index (χ0v) is 13.0. The van der Waals surface area contributed by atoms with Crippen molar-refractivity contribution in [3.05, 3.63) is 29.8 Å². The van der Waals surface area contributed by atoms with E-state index < -0.39 is 0 Å². The molecule has 0 heterocycles. The number of nitrogens with zero attached hydrogens (tertiary/aromatic N) is 1. The molecular formula is C16H28N2O2. The van der Waals surface area contributed by atoms with Gasteiger partial charge in [-0.3, -0.25) is 0 Å². The maximum Gasteiger partial charge on any atom is 0.119 e. The number of methoxy groups -OCH3 is 1. The summed E-state index contributed by atoms with van der Waals surface area (Å²) in [6, 6.07) is 8.30. The molecule has 114 valence electrons. The van der Waals surface area contributed by atoms with Gasteiger partial charge in [-0.05, 0) is 37.7 Å². The maximum absolute atomic E-state index is 5.79. The molecule has 0 saturated carbocycles. The summed E-state index contributed by atoms with van der Waals surface area (Å²) in [5, 5.41) is 3.40. The lowest BCUT2D eigenvalue weighted by molar-refractivity contribution is 0.150. The van der Waals surface area contributed by atoms with Gasteiger partial charge < -0.3 is 19.7 Å². The molecule has 0 atom stereocenters. The van der Waals surface area contributed by atoms with Gasteiger partial charge in [-0.1, -0.05) is 19.1 Å². The van der Waals surface area contributed by atoms with Crippen molar-refractivity contribution < 1.29 is 9.47 Å². The zero-order valence-electron chi connectivity index (χ0n) is 13.0. The van der Waals surface area contributed by atoms with Crippen molar-refractivity contribution in [3.8, 4) is 5.75 Å². The van der Waals surface area contributed by atoms with E-state index in [1.54, 1.807) is 7.11 Å². The first kappa shape index (κ1) is 17.0. The first-order chi connectivity index (χ1) is 9.76. The molecule has 4 nitrogen and oxygen atoms in total. The molecule has 0 amide bonds. The third-order valence-electron chi connectivity index (χ3n) is 3.07. The van der Waals surface area contributed by atoms with Crippen LogP contribution in [0, 0.1) is 0 Å². The SMILES string of the molecule is CCCNCc1cccc(OCCN(C)CCOC)c1. The molecule has 0 saturated heterocycles. The van der Waals surface area contributed by atoms with Crippen LogP contribution in [0.15, 0.2) is 24.3 Å². The topological polar surface area (TPSA) is 33.7 Å². The van der Waals surface area contributed by atoms with Crippen LogP contribution >= 0.6 is 0 Å². The summed E-state index contributed by atoms with van der Waals surface area (Å²) < 4.78 is 10.8. The molecule has 0 aliphatic heterocycles. The fraction of sp³-hybridized carbons (Fsp3) is 0.625. The molecule has 0 spiro atoms. The van der Waals surface area contributed by atoms with Crippen molar-refractivity contribution >= 4 is 0 Å². The minimum absolute atomic E-state index is 0.700. The average Bonchev–Trinajstić information content (AvgIpc) is 2.46. The Morgan fingerprint density at radius 3 is 2.75 bits per heavy atom. The molecule has 0 aromatic heterocycles. The van der Waals surface area contributed by atoms with Crippen LogP contribution in [0.3, 0.4) is 0 Å². The number of nitrogens with one attached hydrogen (secondary N) is 1. The molecule has 0 fully saturated rings. The van der Waals surface area contributed by atoms with Crippen molar-refractivity contribution in [3.63, 3.8) is 0 Å². The molecule has 4 heteroatoms. The Labute approximate surface area is 123 Å². The monoisotopic (exact) mass is 280 g/mol. The quantitative estimate of drug-likeness (QED) is 0.630. The molecule has 20 heavy (non-hydrogen) atoms. The lowest BCUT2D eigenvalue weighted by Gasteiger charge is -2.16. The van der Waals surface area contributed by atoms with Gasteiger partial charge in [-0.25, -0.2) is 0 Å². The van der Waals surface area contributed by atoms with E-state index in [4.69, 9.17) is 9.47 Å². The van der Waals surface area contributed by atoms with Crippen LogP contribution in [0.2, 0.25) is 0 Å². The van der Waals surface area contributed by atoms with E-state index in [1.807, 2.05) is 12.1 Å². The van der Waals surface area contributed by atoms with E-state index in [0.717, 1.165) is 45.0 Å². The lowest BCUT2D eigenvalue weighted by atomic mass is 10.2. The highest BCUT2D eigenvalue weighted by Crippen LogP contribution is 2.13. The van der Waals surface area contributed by atoms with E-state index in [0.29, 0.717) is 6.61 Å². The summed E-state index contributed by atoms with van der Waals surface area (Å²) in [7, 11) is 3.80. The standard InChI is InChI=1S/C16H28N2O2/c1-4-8-17-14-15-6-5-7-16(13-15)20-12-10-18(2)9-11-19-3/h5-7,13,17H,4,8-12,14H2,1-3H3. The predicted octanol–water partition coefficient (Wildman–Crippen LogP) is 2.14. The highest BCUT2D eigenvalue weighted by molar-refractivity contribution is 5.28. The molecule has 1 aromatic carbocycles. The van der Waals surface area contributed by atoms with Gasteiger partial charge >= 0.3 is 0 Å². The zero-order chi connectivity index (χ0) is 14.6. The second-order valence-corrected chi connectivity index (χ2v) is 4.97. The lowest BCUT2D eigenvalue weighted by Crippen LogP contribution is -2.27. The minimum atomic E-state index is 0.700. The van der Waals surface area contributed by atoms with E-state index in [-0.39, 0.29) is 0 Å². The van der Waals surface area contributed by atoms with Gasteiger partial charge in [0.2, 0.25) is 0 Å². The van der Waals surface area contributed by atoms with Gasteiger partial charge in [0.25, 0.3) is 0 Å². The van der Waals surface area contributed by atoms with E-state index in [2.05, 4.69) is 36.3 Å². The molecule has 0 radical (unpaired) electrons. The van der Waals surface area contributed by atoms with Gasteiger partial charge in [0.15, 0.2) is 0 Å². The van der Waals surface area contributed by atoms with Crippen molar-refractivity contribution in [2.24, 2.45) is 0 Å². The second kappa shape index (κ2) is 10.7. The number of rotatable bonds is 11. The Morgan fingerprint density at radius 2 is 2.00 bits per heavy atom. The van der Waals surface area contributed by atoms with Crippen molar-refractivity contribution in [1.82, 2.24) is 10.2 Å². The third-order valence-corrected chi connectivity index (χ3v) is 3.07. The van der Waals surface area contributed by atoms with Crippen LogP contribution < -0.4 is 10.1 Å². The van der Waals surface area contributed by atoms with Crippen LogP contribution in [-0.4, -0.2) is 51.9 Å². The summed E-state index contributed by atoms with van der Waals surface area (Å²) in [6.45, 7) is 7.42. The van der Waals surface area contributed by atoms with Crippen molar-refractivity contribution in [2.75, 3.05) is 47.0 Å². The fourth-order valence-electron chi connectivity index (χ4n) is 1.83. The number of hydrogen-bond acceptors (Lipinski definition) is 4. The van der Waals surface area contributed by atoms with Crippen molar-refractivity contribution in [2.45, 2.75) is 19.9 Å². The molecule has 0 aliphatic rings. The summed E-state index contributed by atoms with van der Waals surface area (Å²) in [5.74, 6) is 0.945. The summed E-state index contributed by atoms with van der Waals surface area (Å²) in [4.78, 5) is 2.20. The normalized spacial score (nSPS) is 11.0. The predicted molar refractivity (Wildman–Crippen MR) is 83.3 cm³/mol. The first-order valence-corrected chi connectivity index (χ1v) is 7.36. The second-order valence-electron chi connectivity index (χ2n) is 4.97. The maximum atomic E-state index is 5.79. The third kappa shape index (κ3) is 7.48. The van der Waals surface area contributed by atoms with Crippen LogP contribution in [0.5, 0.6) is 5.75 Å². The van der Waals surface area contributed by atoms with Gasteiger partial charge in [0, 0.05) is 26.7 Å². The number of hydrogen-bond donors (Lipinski definition) is 1. The van der Waals surface area contributed by atoms with Crippen LogP contribution in [0.25, 0.3) is 0 Å². The molecule has 1 rings (SSSR count). The Bertz CT molecular complexity index is 358. The average molecular weight is 280 g/mol. The Kier molecular flexibility index (Phi) is 9.04. The van der Waals surface area contributed by atoms with E-state index in [9.17, 15) is 0 Å². The number of ether oxygens (including phenoxy) is 2. The van der Waals surface area contributed by atoms with Crippen LogP contribution in [0.1, 0.15) is 18.9 Å². The molecule has 0 bridgehead atoms. The summed E-state index contributed by atoms with van der Waals surface area (Å²) in [5.41, 5.74) is 1.27. The van der Waals surface area contributed by atoms with Crippen LogP contribution in [0.4, 0.5) is 0 Å². The first-order valence-electron chi connectivity index (χ1n) is 7.36. The molecule has 1 aromatic rings. The Hall–Kier alpha value is -1.10. The molecule has 1 N–H and O–H groups in total. The molecular weight excluding hydrogens is 252 g/mol. The van der Waals surface area contributed by atoms with Gasteiger partial charge in [0.05, 0.1) is 6.61 Å². The van der Waals surface area contributed by atoms with Gasteiger partial charge in [0.1, 0.15) is 12.4 Å². The largest absolute Gasteiger partial charge is 0.492 e. The molecule has 0 unspecified atom stereocenters. The highest BCUT2D eigenvalue weighted by atomic mass is 16.5. The van der Waals surface area contributed by atoms with E-state index in [1.165, 1.54) is 5.56 Å². The smallest absolute Gasteiger partial charge is 0.119 e. The fourth-order valence-corrected chi connectivity index (χ4v) is 1.83. The summed E-state index contributed by atoms with van der Waals surface area (Å²) >= 11 is 0. The Balaban J connectivity index is 2.27. The van der Waals surface area contributed by atoms with Gasteiger partial charge in [-0.15, -0.1) is 0 Å². The molecule has 0 aliphatic carbocycles. The van der Waals surface area contributed by atoms with E-state index >= 15 is 0 Å².